The molecule has 2 fully saturated rings. The Morgan fingerprint density at radius 1 is 0.784 bits per heavy atom. The lowest BCUT2D eigenvalue weighted by atomic mass is 9.90. The molecule has 0 saturated carbocycles. The Labute approximate surface area is 297 Å². The van der Waals surface area contributed by atoms with Crippen LogP contribution < -0.4 is 20.3 Å². The number of anilines is 3. The van der Waals surface area contributed by atoms with Crippen LogP contribution in [0, 0.1) is 5.92 Å². The largest absolute Gasteiger partial charge is 0.457 e. The molecule has 2 aliphatic rings. The Kier molecular flexibility index (Phi) is 10.8. The molecule has 51 heavy (non-hydrogen) atoms. The number of amides is 2. The number of carbonyl (C=O) groups excluding carboxylic acids is 1. The summed E-state index contributed by atoms with van der Waals surface area (Å²) in [5.41, 5.74) is 3.92. The fourth-order valence-corrected chi connectivity index (χ4v) is 6.45. The maximum atomic E-state index is 13.0. The van der Waals surface area contributed by atoms with Gasteiger partial charge in [0.15, 0.2) is 6.29 Å². The molecule has 0 aliphatic carbocycles. The fourth-order valence-electron chi connectivity index (χ4n) is 6.45. The lowest BCUT2D eigenvalue weighted by molar-refractivity contribution is -0.276. The number of piperazine rings is 1. The van der Waals surface area contributed by atoms with Crippen LogP contribution in [-0.4, -0.2) is 64.8 Å². The van der Waals surface area contributed by atoms with E-state index in [-0.39, 0.29) is 30.8 Å². The second-order valence-corrected chi connectivity index (χ2v) is 12.8. The van der Waals surface area contributed by atoms with Gasteiger partial charge in [-0.1, -0.05) is 61.5 Å². The second-order valence-electron chi connectivity index (χ2n) is 12.8. The lowest BCUT2D eigenvalue weighted by Crippen LogP contribution is -2.51. The van der Waals surface area contributed by atoms with E-state index in [9.17, 15) is 9.90 Å². The maximum absolute atomic E-state index is 13.0. The van der Waals surface area contributed by atoms with Crippen LogP contribution in [0.1, 0.15) is 36.0 Å². The summed E-state index contributed by atoms with van der Waals surface area (Å²) in [4.78, 5) is 26.5. The quantitative estimate of drug-likeness (QED) is 0.142. The van der Waals surface area contributed by atoms with Crippen LogP contribution in [-0.2, 0) is 16.1 Å². The molecule has 11 heteroatoms. The van der Waals surface area contributed by atoms with E-state index in [0.29, 0.717) is 17.1 Å². The van der Waals surface area contributed by atoms with E-state index in [4.69, 9.17) is 14.2 Å². The summed E-state index contributed by atoms with van der Waals surface area (Å²) in [5.74, 6) is 2.22. The molecule has 0 bridgehead atoms. The zero-order valence-electron chi connectivity index (χ0n) is 28.5. The molecule has 262 valence electrons. The number of aromatic nitrogens is 2. The Morgan fingerprint density at radius 3 is 2.22 bits per heavy atom. The summed E-state index contributed by atoms with van der Waals surface area (Å²) >= 11 is 0. The molecule has 0 unspecified atom stereocenters. The first-order chi connectivity index (χ1) is 25.0. The minimum Gasteiger partial charge on any atom is -0.457 e. The van der Waals surface area contributed by atoms with Crippen LogP contribution in [0.15, 0.2) is 122 Å². The maximum Gasteiger partial charge on any atom is 0.323 e. The highest BCUT2D eigenvalue weighted by Crippen LogP contribution is 2.42. The van der Waals surface area contributed by atoms with Gasteiger partial charge in [-0.3, -0.25) is 4.90 Å². The van der Waals surface area contributed by atoms with Gasteiger partial charge in [0, 0.05) is 68.0 Å². The van der Waals surface area contributed by atoms with Crippen molar-refractivity contribution in [1.29, 1.82) is 0 Å². The molecule has 0 radical (unpaired) electrons. The molecule has 3 heterocycles. The number of nitrogens with one attached hydrogen (secondary N) is 2. The van der Waals surface area contributed by atoms with Gasteiger partial charge in [0.1, 0.15) is 11.5 Å². The molecular weight excluding hydrogens is 644 g/mol. The van der Waals surface area contributed by atoms with Crippen molar-refractivity contribution in [3.8, 4) is 11.5 Å². The fraction of sp³-hybridized carbons (Fsp3) is 0.275. The predicted octanol–water partition coefficient (Wildman–Crippen LogP) is 7.02. The van der Waals surface area contributed by atoms with Crippen molar-refractivity contribution in [3.63, 3.8) is 0 Å². The van der Waals surface area contributed by atoms with Crippen LogP contribution in [0.4, 0.5) is 22.1 Å². The van der Waals surface area contributed by atoms with Crippen molar-refractivity contribution in [2.75, 3.05) is 48.3 Å². The highest BCUT2D eigenvalue weighted by Gasteiger charge is 2.39. The van der Waals surface area contributed by atoms with Gasteiger partial charge < -0.3 is 34.9 Å². The predicted molar refractivity (Wildman–Crippen MR) is 196 cm³/mol. The smallest absolute Gasteiger partial charge is 0.323 e. The van der Waals surface area contributed by atoms with Gasteiger partial charge >= 0.3 is 6.03 Å². The molecule has 0 spiro atoms. The molecule has 4 atom stereocenters. The van der Waals surface area contributed by atoms with Crippen molar-refractivity contribution in [2.45, 2.75) is 32.0 Å². The van der Waals surface area contributed by atoms with Crippen LogP contribution in [0.25, 0.3) is 0 Å². The van der Waals surface area contributed by atoms with Crippen LogP contribution >= 0.6 is 0 Å². The minimum atomic E-state index is -0.658. The average Bonchev–Trinajstić information content (AvgIpc) is 3.17. The number of rotatable bonds is 10. The summed E-state index contributed by atoms with van der Waals surface area (Å²) in [6.07, 6.45) is 2.53. The number of nitrogens with zero attached hydrogens (tertiary/aromatic N) is 4. The van der Waals surface area contributed by atoms with Crippen LogP contribution in [0.3, 0.4) is 0 Å². The molecule has 2 amide bonds. The van der Waals surface area contributed by atoms with Gasteiger partial charge in [0.2, 0.25) is 5.95 Å². The number of hydrogen-bond donors (Lipinski definition) is 3. The molecular formula is C40H42N6O5. The normalized spacial score (nSPS) is 20.8. The van der Waals surface area contributed by atoms with E-state index in [1.807, 2.05) is 97.1 Å². The van der Waals surface area contributed by atoms with E-state index in [0.717, 1.165) is 61.1 Å². The van der Waals surface area contributed by atoms with Crippen molar-refractivity contribution in [3.05, 3.63) is 138 Å². The summed E-state index contributed by atoms with van der Waals surface area (Å²) in [6, 6.07) is 33.7. The molecule has 11 nitrogen and oxygen atoms in total. The van der Waals surface area contributed by atoms with Crippen molar-refractivity contribution >= 4 is 23.4 Å². The summed E-state index contributed by atoms with van der Waals surface area (Å²) in [5, 5.41) is 15.5. The number of para-hydroxylation sites is 1. The molecule has 2 aliphatic heterocycles. The zero-order chi connectivity index (χ0) is 35.0. The SMILES string of the molecule is C[C@H]1[C@@H](CN2CCN(c3ncccn3)CC2)O[C@@H](c2cccc(NC(=O)Nc3ccc(Oc4ccccc4)cc3)c2)O[C@H]1c1ccc(CO)cc1. The number of ether oxygens (including phenoxy) is 3. The Hall–Kier alpha value is -5.33. The summed E-state index contributed by atoms with van der Waals surface area (Å²) in [7, 11) is 0. The molecule has 1 aromatic heterocycles. The van der Waals surface area contributed by atoms with Crippen molar-refractivity contribution in [2.24, 2.45) is 5.92 Å². The number of benzene rings is 4. The minimum absolute atomic E-state index is 0.0168. The average molecular weight is 687 g/mol. The second kappa shape index (κ2) is 16.1. The molecule has 5 aromatic rings. The van der Waals surface area contributed by atoms with E-state index in [1.54, 1.807) is 24.5 Å². The number of aliphatic hydroxyl groups is 1. The summed E-state index contributed by atoms with van der Waals surface area (Å²) < 4.78 is 19.3. The Morgan fingerprint density at radius 2 is 1.49 bits per heavy atom. The van der Waals surface area contributed by atoms with Gasteiger partial charge in [-0.2, -0.15) is 0 Å². The first kappa shape index (κ1) is 34.1. The number of carbonyl (C=O) groups is 1. The van der Waals surface area contributed by atoms with E-state index in [2.05, 4.69) is 37.3 Å². The van der Waals surface area contributed by atoms with Gasteiger partial charge in [0.05, 0.1) is 18.8 Å². The number of hydrogen-bond acceptors (Lipinski definition) is 9. The van der Waals surface area contributed by atoms with E-state index >= 15 is 0 Å². The highest BCUT2D eigenvalue weighted by atomic mass is 16.7. The van der Waals surface area contributed by atoms with Crippen LogP contribution in [0.5, 0.6) is 11.5 Å². The van der Waals surface area contributed by atoms with Gasteiger partial charge in [0.25, 0.3) is 0 Å². The van der Waals surface area contributed by atoms with E-state index < -0.39 is 6.29 Å². The van der Waals surface area contributed by atoms with Gasteiger partial charge in [-0.25, -0.2) is 14.8 Å². The van der Waals surface area contributed by atoms with Crippen molar-refractivity contribution < 1.29 is 24.1 Å². The first-order valence-corrected chi connectivity index (χ1v) is 17.3. The van der Waals surface area contributed by atoms with Crippen molar-refractivity contribution in [1.82, 2.24) is 14.9 Å². The molecule has 4 aromatic carbocycles. The molecule has 3 N–H and O–H groups in total. The van der Waals surface area contributed by atoms with E-state index in [1.165, 1.54) is 0 Å². The third-order valence-corrected chi connectivity index (χ3v) is 9.28. The topological polar surface area (TPSA) is 121 Å². The molecule has 7 rings (SSSR count). The number of aliphatic hydroxyl groups excluding tert-OH is 1. The third kappa shape index (κ3) is 8.70. The Bertz CT molecular complexity index is 1850. The lowest BCUT2D eigenvalue weighted by Gasteiger charge is -2.44. The number of urea groups is 1. The van der Waals surface area contributed by atoms with Gasteiger partial charge in [-0.15, -0.1) is 0 Å². The first-order valence-electron chi connectivity index (χ1n) is 17.3. The molecule has 2 saturated heterocycles. The zero-order valence-corrected chi connectivity index (χ0v) is 28.5. The summed E-state index contributed by atoms with van der Waals surface area (Å²) in [6.45, 7) is 6.29. The third-order valence-electron chi connectivity index (χ3n) is 9.28. The Balaban J connectivity index is 1.02. The van der Waals surface area contributed by atoms with Gasteiger partial charge in [-0.05, 0) is 65.7 Å². The highest BCUT2D eigenvalue weighted by molar-refractivity contribution is 5.99. The van der Waals surface area contributed by atoms with Crippen LogP contribution in [0.2, 0.25) is 0 Å². The monoisotopic (exact) mass is 686 g/mol. The standard InChI is InChI=1S/C40H42N6O5/c1-28-36(26-45-21-23-46(24-22-45)39-41-19-6-20-42-39)50-38(51-37(28)30-13-11-29(27-47)12-14-30)31-7-5-8-33(25-31)44-40(48)43-32-15-17-35(18-16-32)49-34-9-3-2-4-10-34/h2-20,25,28,36-38,47H,21-24,26-27H2,1H3,(H2,43,44,48)/t28-,36+,37+,38+/m0/s1.